The van der Waals surface area contributed by atoms with E-state index in [0.717, 1.165) is 16.9 Å². The van der Waals surface area contributed by atoms with Crippen molar-refractivity contribution in [3.63, 3.8) is 0 Å². The maximum atomic E-state index is 6.34. The van der Waals surface area contributed by atoms with Gasteiger partial charge in [-0.15, -0.1) is 11.3 Å². The highest BCUT2D eigenvalue weighted by Gasteiger charge is 2.16. The Morgan fingerprint density at radius 2 is 2.12 bits per heavy atom. The fraction of sp³-hybridized carbons (Fsp3) is 0.176. The lowest BCUT2D eigenvalue weighted by atomic mass is 10.2. The largest absolute Gasteiger partial charge is 0.489 e. The van der Waals surface area contributed by atoms with Crippen LogP contribution in [0.1, 0.15) is 17.9 Å². The minimum atomic E-state index is 0.244. The number of benzene rings is 1. The third-order valence-corrected chi connectivity index (χ3v) is 4.91. The molecular weight excluding hydrogens is 383 g/mol. The summed E-state index contributed by atoms with van der Waals surface area (Å²) in [7, 11) is 0. The van der Waals surface area contributed by atoms with E-state index in [2.05, 4.69) is 10.1 Å². The molecule has 25 heavy (non-hydrogen) atoms. The van der Waals surface area contributed by atoms with E-state index in [4.69, 9.17) is 37.2 Å². The number of ether oxygens (including phenoxy) is 2. The maximum absolute atomic E-state index is 6.34. The topological polar surface area (TPSA) is 57.4 Å². The predicted molar refractivity (Wildman–Crippen MR) is 98.4 cm³/mol. The second kappa shape index (κ2) is 7.07. The number of hydrogen-bond donors (Lipinski definition) is 0. The van der Waals surface area contributed by atoms with Crippen molar-refractivity contribution in [3.8, 4) is 22.2 Å². The van der Waals surface area contributed by atoms with Crippen LogP contribution in [0.5, 0.6) is 11.5 Å². The van der Waals surface area contributed by atoms with Crippen LogP contribution >= 0.6 is 34.5 Å². The molecule has 8 heteroatoms. The lowest BCUT2D eigenvalue weighted by Crippen LogP contribution is -1.97. The zero-order chi connectivity index (χ0) is 17.2. The minimum Gasteiger partial charge on any atom is -0.489 e. The number of hydrogen-bond acceptors (Lipinski definition) is 6. The molecule has 0 fully saturated rings. The summed E-state index contributed by atoms with van der Waals surface area (Å²) >= 11 is 14.2. The zero-order valence-electron chi connectivity index (χ0n) is 12.9. The van der Waals surface area contributed by atoms with Gasteiger partial charge in [0, 0.05) is 6.42 Å². The first-order valence-electron chi connectivity index (χ1n) is 7.55. The van der Waals surface area contributed by atoms with Gasteiger partial charge < -0.3 is 14.0 Å². The number of thiophene rings is 1. The Bertz CT molecular complexity index is 922. The molecule has 0 spiro atoms. The molecule has 1 aliphatic rings. The zero-order valence-corrected chi connectivity index (χ0v) is 15.2. The van der Waals surface area contributed by atoms with Crippen LogP contribution in [0.3, 0.4) is 0 Å². The van der Waals surface area contributed by atoms with Gasteiger partial charge in [-0.1, -0.05) is 34.4 Å². The Balaban J connectivity index is 1.64. The third-order valence-electron chi connectivity index (χ3n) is 3.49. The molecule has 3 aromatic rings. The molecule has 2 aromatic heterocycles. The summed E-state index contributed by atoms with van der Waals surface area (Å²) in [5.74, 6) is 1.91. The van der Waals surface area contributed by atoms with Crippen LogP contribution in [0.15, 0.2) is 34.2 Å². The van der Waals surface area contributed by atoms with Gasteiger partial charge in [-0.05, 0) is 35.2 Å². The second-order valence-electron chi connectivity index (χ2n) is 5.27. The fourth-order valence-corrected chi connectivity index (χ4v) is 3.49. The minimum absolute atomic E-state index is 0.244. The van der Waals surface area contributed by atoms with Crippen molar-refractivity contribution in [3.05, 3.63) is 46.1 Å². The number of fused-ring (bicyclic) bond motifs is 1. The van der Waals surface area contributed by atoms with Crippen molar-refractivity contribution in [2.24, 2.45) is 0 Å². The maximum Gasteiger partial charge on any atom is 0.269 e. The number of aromatic nitrogens is 2. The molecule has 1 aliphatic heterocycles. The van der Waals surface area contributed by atoms with Gasteiger partial charge in [0.15, 0.2) is 11.5 Å². The number of nitrogens with zero attached hydrogens (tertiary/aromatic N) is 2. The molecule has 4 rings (SSSR count). The highest BCUT2D eigenvalue weighted by atomic mass is 35.5. The lowest BCUT2D eigenvalue weighted by molar-refractivity contribution is 0.297. The third kappa shape index (κ3) is 3.51. The molecule has 0 bridgehead atoms. The van der Waals surface area contributed by atoms with E-state index < -0.39 is 0 Å². The second-order valence-corrected chi connectivity index (χ2v) is 7.04. The molecule has 0 unspecified atom stereocenters. The van der Waals surface area contributed by atoms with E-state index in [1.807, 2.05) is 23.6 Å². The Morgan fingerprint density at radius 3 is 2.96 bits per heavy atom. The molecule has 0 saturated carbocycles. The van der Waals surface area contributed by atoms with Gasteiger partial charge in [0.2, 0.25) is 5.82 Å². The first-order chi connectivity index (χ1) is 12.2. The van der Waals surface area contributed by atoms with Gasteiger partial charge in [0.1, 0.15) is 5.03 Å². The Kier molecular flexibility index (Phi) is 4.65. The van der Waals surface area contributed by atoms with Gasteiger partial charge >= 0.3 is 0 Å². The van der Waals surface area contributed by atoms with Crippen molar-refractivity contribution in [1.29, 1.82) is 0 Å². The normalized spacial score (nSPS) is 14.4. The first kappa shape index (κ1) is 16.4. The van der Waals surface area contributed by atoms with Gasteiger partial charge in [-0.2, -0.15) is 4.98 Å². The van der Waals surface area contributed by atoms with Gasteiger partial charge in [-0.25, -0.2) is 0 Å². The van der Waals surface area contributed by atoms with Crippen LogP contribution in [-0.4, -0.2) is 23.4 Å². The SMILES string of the molecule is Cl/C(=C\c1cc(Cl)c2c(c1)OCCCO2)c1nc(-c2cccs2)no1. The van der Waals surface area contributed by atoms with Crippen LogP contribution < -0.4 is 9.47 Å². The van der Waals surface area contributed by atoms with Gasteiger partial charge in [-0.3, -0.25) is 0 Å². The molecular formula is C17H12Cl2N2O3S. The summed E-state index contributed by atoms with van der Waals surface area (Å²) in [6, 6.07) is 7.42. The fourth-order valence-electron chi connectivity index (χ4n) is 2.37. The first-order valence-corrected chi connectivity index (χ1v) is 9.18. The predicted octanol–water partition coefficient (Wildman–Crippen LogP) is 5.35. The summed E-state index contributed by atoms with van der Waals surface area (Å²) in [6.45, 7) is 1.16. The Morgan fingerprint density at radius 1 is 1.24 bits per heavy atom. The van der Waals surface area contributed by atoms with Gasteiger partial charge in [0.05, 0.1) is 23.1 Å². The quantitative estimate of drug-likeness (QED) is 0.598. The standard InChI is InChI=1S/C17H12Cl2N2O3S/c18-11-7-10(9-13-15(11)23-5-2-4-22-13)8-12(19)17-20-16(21-24-17)14-3-1-6-25-14/h1,3,6-9H,2,4-5H2/b12-8-. The summed E-state index contributed by atoms with van der Waals surface area (Å²) < 4.78 is 16.5. The Hall–Kier alpha value is -2.02. The summed E-state index contributed by atoms with van der Waals surface area (Å²) in [6.07, 6.45) is 2.51. The number of rotatable bonds is 3. The lowest BCUT2D eigenvalue weighted by Gasteiger charge is -2.10. The smallest absolute Gasteiger partial charge is 0.269 e. The highest BCUT2D eigenvalue weighted by Crippen LogP contribution is 2.39. The van der Waals surface area contributed by atoms with Crippen molar-refractivity contribution in [2.45, 2.75) is 6.42 Å². The van der Waals surface area contributed by atoms with Crippen LogP contribution in [0, 0.1) is 0 Å². The molecule has 0 aliphatic carbocycles. The van der Waals surface area contributed by atoms with E-state index >= 15 is 0 Å². The molecule has 0 radical (unpaired) electrons. The number of halogens is 2. The molecule has 0 amide bonds. The van der Waals surface area contributed by atoms with Crippen molar-refractivity contribution in [2.75, 3.05) is 13.2 Å². The van der Waals surface area contributed by atoms with E-state index in [0.29, 0.717) is 40.6 Å². The van der Waals surface area contributed by atoms with E-state index in [1.165, 1.54) is 11.3 Å². The van der Waals surface area contributed by atoms with E-state index in [9.17, 15) is 0 Å². The molecule has 3 heterocycles. The van der Waals surface area contributed by atoms with Crippen molar-refractivity contribution in [1.82, 2.24) is 10.1 Å². The van der Waals surface area contributed by atoms with Crippen LogP contribution in [0.4, 0.5) is 0 Å². The molecule has 0 atom stereocenters. The molecule has 128 valence electrons. The van der Waals surface area contributed by atoms with E-state index in [1.54, 1.807) is 12.1 Å². The summed E-state index contributed by atoms with van der Waals surface area (Å²) in [5.41, 5.74) is 0.759. The summed E-state index contributed by atoms with van der Waals surface area (Å²) in [5, 5.41) is 6.69. The summed E-state index contributed by atoms with van der Waals surface area (Å²) in [4.78, 5) is 5.23. The van der Waals surface area contributed by atoms with Crippen molar-refractivity contribution < 1.29 is 14.0 Å². The molecule has 1 aromatic carbocycles. The monoisotopic (exact) mass is 394 g/mol. The van der Waals surface area contributed by atoms with E-state index in [-0.39, 0.29) is 5.89 Å². The van der Waals surface area contributed by atoms with Crippen molar-refractivity contribution >= 4 is 45.6 Å². The van der Waals surface area contributed by atoms with Crippen LogP contribution in [0.25, 0.3) is 21.8 Å². The van der Waals surface area contributed by atoms with Crippen LogP contribution in [-0.2, 0) is 0 Å². The average Bonchev–Trinajstić information content (AvgIpc) is 3.23. The van der Waals surface area contributed by atoms with Gasteiger partial charge in [0.25, 0.3) is 5.89 Å². The van der Waals surface area contributed by atoms with Crippen LogP contribution in [0.2, 0.25) is 5.02 Å². The molecule has 0 N–H and O–H groups in total. The Labute approximate surface area is 157 Å². The highest BCUT2D eigenvalue weighted by molar-refractivity contribution is 7.13. The molecule has 0 saturated heterocycles. The average molecular weight is 395 g/mol. The molecule has 5 nitrogen and oxygen atoms in total.